The summed E-state index contributed by atoms with van der Waals surface area (Å²) in [7, 11) is 0. The van der Waals surface area contributed by atoms with Crippen LogP contribution in [0.5, 0.6) is 0 Å². The number of carbonyl (C=O) groups is 1. The second kappa shape index (κ2) is 6.81. The van der Waals surface area contributed by atoms with E-state index >= 15 is 0 Å². The van der Waals surface area contributed by atoms with Crippen molar-refractivity contribution in [3.05, 3.63) is 48.6 Å². The molecule has 2 N–H and O–H groups in total. The van der Waals surface area contributed by atoms with E-state index in [1.807, 2.05) is 30.3 Å². The van der Waals surface area contributed by atoms with Crippen molar-refractivity contribution in [3.8, 4) is 0 Å². The van der Waals surface area contributed by atoms with Gasteiger partial charge in [0, 0.05) is 0 Å². The van der Waals surface area contributed by atoms with Crippen molar-refractivity contribution in [1.82, 2.24) is 5.32 Å². The highest BCUT2D eigenvalue weighted by Gasteiger charge is 2.24. The number of rotatable bonds is 6. The molecular weight excluding hydrogens is 230 g/mol. The largest absolute Gasteiger partial charge is 0.445 e. The number of benzene rings is 1. The lowest BCUT2D eigenvalue weighted by atomic mass is 10.00. The lowest BCUT2D eigenvalue weighted by molar-refractivity contribution is 0.112. The van der Waals surface area contributed by atoms with Crippen LogP contribution in [0.1, 0.15) is 18.9 Å². The molecule has 0 aliphatic rings. The molecule has 1 aromatic rings. The van der Waals surface area contributed by atoms with Gasteiger partial charge in [-0.1, -0.05) is 36.4 Å². The van der Waals surface area contributed by atoms with Gasteiger partial charge in [-0.3, -0.25) is 0 Å². The van der Waals surface area contributed by atoms with Crippen LogP contribution in [0.25, 0.3) is 0 Å². The van der Waals surface area contributed by atoms with E-state index in [4.69, 9.17) is 4.74 Å². The summed E-state index contributed by atoms with van der Waals surface area (Å²) in [5.74, 6) is 0. The van der Waals surface area contributed by atoms with E-state index in [2.05, 4.69) is 11.9 Å². The SMILES string of the molecule is C=CC[C@](C)(CO)NC(=O)OCc1ccccc1. The molecule has 1 aromatic carbocycles. The highest BCUT2D eigenvalue weighted by atomic mass is 16.5. The van der Waals surface area contributed by atoms with E-state index in [1.165, 1.54) is 0 Å². The average Bonchev–Trinajstić information content (AvgIpc) is 2.38. The van der Waals surface area contributed by atoms with Gasteiger partial charge in [0.15, 0.2) is 0 Å². The van der Waals surface area contributed by atoms with E-state index in [-0.39, 0.29) is 13.2 Å². The van der Waals surface area contributed by atoms with Crippen LogP contribution in [0.4, 0.5) is 4.79 Å². The molecule has 98 valence electrons. The van der Waals surface area contributed by atoms with Crippen molar-refractivity contribution in [2.45, 2.75) is 25.5 Å². The molecule has 0 heterocycles. The van der Waals surface area contributed by atoms with Crippen LogP contribution in [0.2, 0.25) is 0 Å². The lowest BCUT2D eigenvalue weighted by Crippen LogP contribution is -2.48. The summed E-state index contributed by atoms with van der Waals surface area (Å²) in [4.78, 5) is 11.6. The molecule has 4 nitrogen and oxygen atoms in total. The molecular formula is C14H19NO3. The summed E-state index contributed by atoms with van der Waals surface area (Å²) >= 11 is 0. The lowest BCUT2D eigenvalue weighted by Gasteiger charge is -2.26. The fourth-order valence-electron chi connectivity index (χ4n) is 1.48. The molecule has 0 fully saturated rings. The summed E-state index contributed by atoms with van der Waals surface area (Å²) in [6, 6.07) is 9.42. The maximum absolute atomic E-state index is 11.6. The second-order valence-electron chi connectivity index (χ2n) is 4.40. The highest BCUT2D eigenvalue weighted by Crippen LogP contribution is 2.10. The number of hydrogen-bond acceptors (Lipinski definition) is 3. The van der Waals surface area contributed by atoms with E-state index in [1.54, 1.807) is 13.0 Å². The molecule has 0 radical (unpaired) electrons. The number of alkyl carbamates (subject to hydrolysis) is 1. The minimum Gasteiger partial charge on any atom is -0.445 e. The van der Waals surface area contributed by atoms with Crippen LogP contribution in [-0.4, -0.2) is 23.3 Å². The zero-order chi connectivity index (χ0) is 13.4. The minimum absolute atomic E-state index is 0.167. The van der Waals surface area contributed by atoms with Gasteiger partial charge < -0.3 is 15.2 Å². The first-order chi connectivity index (χ1) is 8.59. The molecule has 0 aliphatic carbocycles. The fourth-order valence-corrected chi connectivity index (χ4v) is 1.48. The third-order valence-corrected chi connectivity index (χ3v) is 2.56. The van der Waals surface area contributed by atoms with E-state index in [9.17, 15) is 9.90 Å². The first-order valence-corrected chi connectivity index (χ1v) is 5.80. The number of aliphatic hydroxyl groups is 1. The summed E-state index contributed by atoms with van der Waals surface area (Å²) in [5, 5.41) is 11.9. The number of aliphatic hydroxyl groups excluding tert-OH is 1. The van der Waals surface area contributed by atoms with Gasteiger partial charge in [0.1, 0.15) is 6.61 Å². The van der Waals surface area contributed by atoms with Crippen LogP contribution in [0.3, 0.4) is 0 Å². The Balaban J connectivity index is 2.44. The number of nitrogens with one attached hydrogen (secondary N) is 1. The number of ether oxygens (including phenoxy) is 1. The standard InChI is InChI=1S/C14H19NO3/c1-3-9-14(2,11-16)15-13(17)18-10-12-7-5-4-6-8-12/h3-8,16H,1,9-11H2,2H3,(H,15,17)/t14-/m1/s1. The van der Waals surface area contributed by atoms with Gasteiger partial charge in [-0.15, -0.1) is 6.58 Å². The third-order valence-electron chi connectivity index (χ3n) is 2.56. The van der Waals surface area contributed by atoms with Gasteiger partial charge in [0.2, 0.25) is 0 Å². The quantitative estimate of drug-likeness (QED) is 0.760. The topological polar surface area (TPSA) is 58.6 Å². The fraction of sp³-hybridized carbons (Fsp3) is 0.357. The maximum atomic E-state index is 11.6. The molecule has 0 saturated carbocycles. The molecule has 0 bridgehead atoms. The summed E-state index contributed by atoms with van der Waals surface area (Å²) in [6.07, 6.45) is 1.58. The Labute approximate surface area is 107 Å². The monoisotopic (exact) mass is 249 g/mol. The van der Waals surface area contributed by atoms with E-state index < -0.39 is 11.6 Å². The van der Waals surface area contributed by atoms with Gasteiger partial charge in [-0.2, -0.15) is 0 Å². The molecule has 0 aliphatic heterocycles. The summed E-state index contributed by atoms with van der Waals surface area (Å²) in [6.45, 7) is 5.37. The van der Waals surface area contributed by atoms with Gasteiger partial charge in [-0.25, -0.2) is 4.79 Å². The first kappa shape index (κ1) is 14.3. The van der Waals surface area contributed by atoms with E-state index in [0.29, 0.717) is 6.42 Å². The molecule has 0 saturated heterocycles. The smallest absolute Gasteiger partial charge is 0.407 e. The number of amides is 1. The Morgan fingerprint density at radius 3 is 2.72 bits per heavy atom. The second-order valence-corrected chi connectivity index (χ2v) is 4.40. The van der Waals surface area contributed by atoms with Crippen LogP contribution >= 0.6 is 0 Å². The zero-order valence-corrected chi connectivity index (χ0v) is 10.6. The Morgan fingerprint density at radius 1 is 1.50 bits per heavy atom. The molecule has 1 rings (SSSR count). The van der Waals surface area contributed by atoms with Gasteiger partial charge in [0.05, 0.1) is 12.1 Å². The van der Waals surface area contributed by atoms with Crippen molar-refractivity contribution in [2.75, 3.05) is 6.61 Å². The Hall–Kier alpha value is -1.81. The predicted molar refractivity (Wildman–Crippen MR) is 70.1 cm³/mol. The Kier molecular flexibility index (Phi) is 5.39. The van der Waals surface area contributed by atoms with Crippen LogP contribution in [0.15, 0.2) is 43.0 Å². The molecule has 4 heteroatoms. The Morgan fingerprint density at radius 2 is 2.17 bits per heavy atom. The third kappa shape index (κ3) is 4.59. The molecule has 0 spiro atoms. The molecule has 18 heavy (non-hydrogen) atoms. The molecule has 1 atom stereocenters. The number of hydrogen-bond donors (Lipinski definition) is 2. The zero-order valence-electron chi connectivity index (χ0n) is 10.6. The molecule has 1 amide bonds. The van der Waals surface area contributed by atoms with Gasteiger partial charge in [0.25, 0.3) is 0 Å². The van der Waals surface area contributed by atoms with Crippen molar-refractivity contribution in [1.29, 1.82) is 0 Å². The van der Waals surface area contributed by atoms with Crippen LogP contribution in [0, 0.1) is 0 Å². The molecule has 0 unspecified atom stereocenters. The van der Waals surface area contributed by atoms with Crippen molar-refractivity contribution >= 4 is 6.09 Å². The first-order valence-electron chi connectivity index (χ1n) is 5.80. The minimum atomic E-state index is -0.727. The maximum Gasteiger partial charge on any atom is 0.407 e. The van der Waals surface area contributed by atoms with E-state index in [0.717, 1.165) is 5.56 Å². The Bertz CT molecular complexity index is 391. The van der Waals surface area contributed by atoms with Gasteiger partial charge in [-0.05, 0) is 18.9 Å². The van der Waals surface area contributed by atoms with Gasteiger partial charge >= 0.3 is 6.09 Å². The average molecular weight is 249 g/mol. The highest BCUT2D eigenvalue weighted by molar-refractivity contribution is 5.68. The number of carbonyl (C=O) groups excluding carboxylic acids is 1. The van der Waals surface area contributed by atoms with Crippen molar-refractivity contribution in [3.63, 3.8) is 0 Å². The summed E-state index contributed by atoms with van der Waals surface area (Å²) in [5.41, 5.74) is 0.192. The van der Waals surface area contributed by atoms with Crippen LogP contribution < -0.4 is 5.32 Å². The van der Waals surface area contributed by atoms with Crippen molar-refractivity contribution < 1.29 is 14.6 Å². The molecule has 0 aromatic heterocycles. The van der Waals surface area contributed by atoms with Crippen molar-refractivity contribution in [2.24, 2.45) is 0 Å². The predicted octanol–water partition coefficient (Wildman–Crippen LogP) is 2.24. The van der Waals surface area contributed by atoms with Crippen LogP contribution in [-0.2, 0) is 11.3 Å². The summed E-state index contributed by atoms with van der Waals surface area (Å²) < 4.78 is 5.08. The normalized spacial score (nSPS) is 13.4.